The van der Waals surface area contributed by atoms with Gasteiger partial charge in [0.25, 0.3) is 5.91 Å². The van der Waals surface area contributed by atoms with E-state index in [2.05, 4.69) is 16.4 Å². The largest absolute Gasteiger partial charge is 0.496 e. The van der Waals surface area contributed by atoms with Crippen LogP contribution in [0.15, 0.2) is 79.0 Å². The second-order valence-electron chi connectivity index (χ2n) is 6.81. The molecule has 5 heteroatoms. The molecule has 4 rings (SSSR count). The van der Waals surface area contributed by atoms with Crippen molar-refractivity contribution in [2.75, 3.05) is 13.7 Å². The zero-order chi connectivity index (χ0) is 20.2. The van der Waals surface area contributed by atoms with E-state index in [-0.39, 0.29) is 17.4 Å². The Morgan fingerprint density at radius 2 is 1.83 bits per heavy atom. The minimum atomic E-state index is -0.479. The monoisotopic (exact) mass is 388 g/mol. The molecule has 1 aromatic heterocycles. The summed E-state index contributed by atoms with van der Waals surface area (Å²) in [6, 6.07) is 22.0. The Balaban J connectivity index is 1.65. The van der Waals surface area contributed by atoms with Crippen LogP contribution in [0.3, 0.4) is 0 Å². The highest BCUT2D eigenvalue weighted by molar-refractivity contribution is 5.97. The predicted octanol–water partition coefficient (Wildman–Crippen LogP) is 4.88. The average Bonchev–Trinajstić information content (AvgIpc) is 3.18. The van der Waals surface area contributed by atoms with Crippen molar-refractivity contribution in [2.45, 2.75) is 5.92 Å². The molecule has 0 aliphatic carbocycles. The van der Waals surface area contributed by atoms with Crippen LogP contribution in [0.4, 0.5) is 4.39 Å². The van der Waals surface area contributed by atoms with Crippen LogP contribution in [0.5, 0.6) is 5.75 Å². The van der Waals surface area contributed by atoms with E-state index in [1.54, 1.807) is 0 Å². The quantitative estimate of drug-likeness (QED) is 0.495. The topological polar surface area (TPSA) is 54.1 Å². The Hall–Kier alpha value is -3.60. The van der Waals surface area contributed by atoms with Crippen molar-refractivity contribution in [1.82, 2.24) is 10.3 Å². The van der Waals surface area contributed by atoms with Gasteiger partial charge in [-0.3, -0.25) is 4.79 Å². The van der Waals surface area contributed by atoms with Gasteiger partial charge in [0.15, 0.2) is 0 Å². The number of methoxy groups -OCH3 is 1. The van der Waals surface area contributed by atoms with Crippen LogP contribution in [-0.2, 0) is 0 Å². The Kier molecular flexibility index (Phi) is 5.29. The molecule has 4 aromatic rings. The van der Waals surface area contributed by atoms with E-state index in [1.807, 2.05) is 54.7 Å². The fraction of sp³-hybridized carbons (Fsp3) is 0.125. The van der Waals surface area contributed by atoms with Crippen molar-refractivity contribution in [3.63, 3.8) is 0 Å². The molecule has 146 valence electrons. The number of carbonyl (C=O) groups is 1. The summed E-state index contributed by atoms with van der Waals surface area (Å²) in [6.45, 7) is 0.365. The van der Waals surface area contributed by atoms with E-state index in [0.29, 0.717) is 12.3 Å². The number of benzene rings is 3. The van der Waals surface area contributed by atoms with Gasteiger partial charge in [-0.1, -0.05) is 48.5 Å². The van der Waals surface area contributed by atoms with Gasteiger partial charge in [0, 0.05) is 29.6 Å². The molecule has 29 heavy (non-hydrogen) atoms. The third-order valence-corrected chi connectivity index (χ3v) is 5.07. The first-order chi connectivity index (χ1) is 14.2. The summed E-state index contributed by atoms with van der Waals surface area (Å²) in [5.74, 6) is -0.572. The first kappa shape index (κ1) is 18.7. The molecule has 1 heterocycles. The zero-order valence-corrected chi connectivity index (χ0v) is 16.0. The van der Waals surface area contributed by atoms with Crippen LogP contribution in [0.25, 0.3) is 10.9 Å². The van der Waals surface area contributed by atoms with Gasteiger partial charge < -0.3 is 15.0 Å². The predicted molar refractivity (Wildman–Crippen MR) is 112 cm³/mol. The molecule has 0 spiro atoms. The first-order valence-electron chi connectivity index (χ1n) is 9.40. The second kappa shape index (κ2) is 8.19. The fourth-order valence-corrected chi connectivity index (χ4v) is 3.62. The fourth-order valence-electron chi connectivity index (χ4n) is 3.62. The van der Waals surface area contributed by atoms with Crippen LogP contribution < -0.4 is 10.1 Å². The normalized spacial score (nSPS) is 11.9. The number of aromatic amines is 1. The summed E-state index contributed by atoms with van der Waals surface area (Å²) >= 11 is 0. The molecule has 0 bridgehead atoms. The molecule has 2 N–H and O–H groups in total. The van der Waals surface area contributed by atoms with Gasteiger partial charge in [-0.15, -0.1) is 0 Å². The molecule has 0 saturated carbocycles. The lowest BCUT2D eigenvalue weighted by Crippen LogP contribution is -2.29. The van der Waals surface area contributed by atoms with E-state index in [9.17, 15) is 9.18 Å². The van der Waals surface area contributed by atoms with E-state index >= 15 is 0 Å². The first-order valence-corrected chi connectivity index (χ1v) is 9.40. The number of halogens is 1. The minimum Gasteiger partial charge on any atom is -0.496 e. The summed E-state index contributed by atoms with van der Waals surface area (Å²) in [5, 5.41) is 4.06. The van der Waals surface area contributed by atoms with Crippen molar-refractivity contribution in [1.29, 1.82) is 0 Å². The third-order valence-electron chi connectivity index (χ3n) is 5.07. The number of H-pyrrole nitrogens is 1. The summed E-state index contributed by atoms with van der Waals surface area (Å²) in [5.41, 5.74) is 3.40. The van der Waals surface area contributed by atoms with Gasteiger partial charge in [-0.2, -0.15) is 0 Å². The lowest BCUT2D eigenvalue weighted by Gasteiger charge is -2.19. The molecule has 0 aliphatic heterocycles. The lowest BCUT2D eigenvalue weighted by molar-refractivity contribution is 0.0949. The van der Waals surface area contributed by atoms with Crippen molar-refractivity contribution in [3.8, 4) is 5.75 Å². The third kappa shape index (κ3) is 3.85. The van der Waals surface area contributed by atoms with Gasteiger partial charge in [0.1, 0.15) is 11.6 Å². The van der Waals surface area contributed by atoms with Crippen LogP contribution in [-0.4, -0.2) is 24.5 Å². The van der Waals surface area contributed by atoms with E-state index in [4.69, 9.17) is 4.74 Å². The van der Waals surface area contributed by atoms with Crippen LogP contribution in [0.2, 0.25) is 0 Å². The number of nitrogens with one attached hydrogen (secondary N) is 2. The minimum absolute atomic E-state index is 0.0594. The zero-order valence-electron chi connectivity index (χ0n) is 16.0. The van der Waals surface area contributed by atoms with Crippen LogP contribution in [0, 0.1) is 5.82 Å². The molecule has 1 unspecified atom stereocenters. The maximum absolute atomic E-state index is 13.7. The van der Waals surface area contributed by atoms with Crippen molar-refractivity contribution >= 4 is 16.8 Å². The number of aromatic nitrogens is 1. The molecule has 0 saturated heterocycles. The molecule has 1 amide bonds. The van der Waals surface area contributed by atoms with Gasteiger partial charge in [-0.05, 0) is 35.4 Å². The summed E-state index contributed by atoms with van der Waals surface area (Å²) in [6.07, 6.45) is 1.98. The Morgan fingerprint density at radius 3 is 2.62 bits per heavy atom. The SMILES string of the molecule is COc1ccc(F)cc1C(=O)NCC(c1ccccc1)c1c[nH]c2ccccc12. The summed E-state index contributed by atoms with van der Waals surface area (Å²) in [4.78, 5) is 16.1. The number of amides is 1. The highest BCUT2D eigenvalue weighted by Crippen LogP contribution is 2.30. The maximum Gasteiger partial charge on any atom is 0.255 e. The number of fused-ring (bicyclic) bond motifs is 1. The Bertz CT molecular complexity index is 1140. The summed E-state index contributed by atoms with van der Waals surface area (Å²) < 4.78 is 18.9. The Morgan fingerprint density at radius 1 is 1.07 bits per heavy atom. The number of hydrogen-bond donors (Lipinski definition) is 2. The highest BCUT2D eigenvalue weighted by Gasteiger charge is 2.20. The van der Waals surface area contributed by atoms with Crippen molar-refractivity contribution in [2.24, 2.45) is 0 Å². The second-order valence-corrected chi connectivity index (χ2v) is 6.81. The number of para-hydroxylation sites is 1. The van der Waals surface area contributed by atoms with Gasteiger partial charge in [0.05, 0.1) is 12.7 Å². The molecule has 3 aromatic carbocycles. The van der Waals surface area contributed by atoms with E-state index < -0.39 is 5.82 Å². The molecular formula is C24H21FN2O2. The molecule has 0 radical (unpaired) electrons. The molecule has 1 atom stereocenters. The average molecular weight is 388 g/mol. The number of ether oxygens (including phenoxy) is 1. The number of rotatable bonds is 6. The van der Waals surface area contributed by atoms with Crippen LogP contribution >= 0.6 is 0 Å². The van der Waals surface area contributed by atoms with Gasteiger partial charge in [0.2, 0.25) is 0 Å². The molecule has 4 nitrogen and oxygen atoms in total. The van der Waals surface area contributed by atoms with Gasteiger partial charge in [-0.25, -0.2) is 4.39 Å². The standard InChI is InChI=1S/C24H21FN2O2/c1-29-23-12-11-17(25)13-19(23)24(28)27-14-20(16-7-3-2-4-8-16)21-15-26-22-10-6-5-9-18(21)22/h2-13,15,20,26H,14H2,1H3,(H,27,28). The maximum atomic E-state index is 13.7. The molecular weight excluding hydrogens is 367 g/mol. The lowest BCUT2D eigenvalue weighted by atomic mass is 9.91. The van der Waals surface area contributed by atoms with Crippen LogP contribution in [0.1, 0.15) is 27.4 Å². The highest BCUT2D eigenvalue weighted by atomic mass is 19.1. The smallest absolute Gasteiger partial charge is 0.255 e. The molecule has 0 fully saturated rings. The van der Waals surface area contributed by atoms with Crippen molar-refractivity contribution < 1.29 is 13.9 Å². The number of hydrogen-bond acceptors (Lipinski definition) is 2. The van der Waals surface area contributed by atoms with E-state index in [0.717, 1.165) is 22.0 Å². The van der Waals surface area contributed by atoms with Crippen molar-refractivity contribution in [3.05, 3.63) is 102 Å². The summed E-state index contributed by atoms with van der Waals surface area (Å²) in [7, 11) is 1.46. The molecule has 0 aliphatic rings. The Labute approximate surface area is 168 Å². The van der Waals surface area contributed by atoms with E-state index in [1.165, 1.54) is 25.3 Å². The van der Waals surface area contributed by atoms with Gasteiger partial charge >= 0.3 is 0 Å². The number of carbonyl (C=O) groups excluding carboxylic acids is 1.